The van der Waals surface area contributed by atoms with Gasteiger partial charge in [0.15, 0.2) is 0 Å². The molecule has 84 valence electrons. The lowest BCUT2D eigenvalue weighted by Crippen LogP contribution is -2.28. The molecule has 2 atom stereocenters. The van der Waals surface area contributed by atoms with Crippen molar-refractivity contribution in [2.24, 2.45) is 15.4 Å². The van der Waals surface area contributed by atoms with Gasteiger partial charge in [-0.3, -0.25) is 4.55 Å². The van der Waals surface area contributed by atoms with Gasteiger partial charge in [0.2, 0.25) is 0 Å². The summed E-state index contributed by atoms with van der Waals surface area (Å²) in [4.78, 5) is 0. The highest BCUT2D eigenvalue weighted by molar-refractivity contribution is 7.74. The molecule has 0 saturated heterocycles. The van der Waals surface area contributed by atoms with E-state index in [1.165, 1.54) is 6.21 Å². The second kappa shape index (κ2) is 4.20. The standard InChI is InChI=1S/C9H9N3O3S/c1-7-2-4-8(5-3-7)9(15-16(13)14)6-10-12-11-9/h2-6H,1H3,(H,13,14). The summed E-state index contributed by atoms with van der Waals surface area (Å²) < 4.78 is 24.3. The van der Waals surface area contributed by atoms with Crippen LogP contribution in [0.4, 0.5) is 0 Å². The van der Waals surface area contributed by atoms with Gasteiger partial charge in [-0.2, -0.15) is 4.21 Å². The Morgan fingerprint density at radius 3 is 2.56 bits per heavy atom. The Balaban J connectivity index is 2.40. The lowest BCUT2D eigenvalue weighted by molar-refractivity contribution is 0.158. The van der Waals surface area contributed by atoms with Gasteiger partial charge in [0.1, 0.15) is 0 Å². The molecule has 0 aromatic heterocycles. The quantitative estimate of drug-likeness (QED) is 0.815. The number of benzene rings is 1. The molecule has 0 radical (unpaired) electrons. The van der Waals surface area contributed by atoms with Crippen molar-refractivity contribution in [1.29, 1.82) is 0 Å². The maximum absolute atomic E-state index is 10.7. The van der Waals surface area contributed by atoms with Crippen molar-refractivity contribution in [2.45, 2.75) is 12.6 Å². The van der Waals surface area contributed by atoms with E-state index in [1.807, 2.05) is 19.1 Å². The average molecular weight is 239 g/mol. The molecule has 0 fully saturated rings. The predicted molar refractivity (Wildman–Crippen MR) is 58.1 cm³/mol. The average Bonchev–Trinajstić information content (AvgIpc) is 2.67. The lowest BCUT2D eigenvalue weighted by Gasteiger charge is -2.18. The molecule has 16 heavy (non-hydrogen) atoms. The van der Waals surface area contributed by atoms with Crippen LogP contribution in [0.15, 0.2) is 39.7 Å². The zero-order valence-corrected chi connectivity index (χ0v) is 9.22. The topological polar surface area (TPSA) is 83.6 Å². The highest BCUT2D eigenvalue weighted by Crippen LogP contribution is 2.30. The summed E-state index contributed by atoms with van der Waals surface area (Å²) in [5.41, 5.74) is 0.286. The summed E-state index contributed by atoms with van der Waals surface area (Å²) in [6, 6.07) is 7.20. The Hall–Kier alpha value is -1.44. The molecule has 1 heterocycles. The molecule has 0 saturated carbocycles. The van der Waals surface area contributed by atoms with Gasteiger partial charge < -0.3 is 0 Å². The van der Waals surface area contributed by atoms with E-state index in [0.717, 1.165) is 5.56 Å². The van der Waals surface area contributed by atoms with E-state index in [2.05, 4.69) is 15.4 Å². The fourth-order valence-electron chi connectivity index (χ4n) is 1.34. The maximum atomic E-state index is 10.7. The van der Waals surface area contributed by atoms with Crippen molar-refractivity contribution in [2.75, 3.05) is 0 Å². The summed E-state index contributed by atoms with van der Waals surface area (Å²) >= 11 is -2.45. The highest BCUT2D eigenvalue weighted by atomic mass is 32.2. The van der Waals surface area contributed by atoms with Crippen molar-refractivity contribution in [1.82, 2.24) is 0 Å². The fraction of sp³-hybridized carbons (Fsp3) is 0.222. The Morgan fingerprint density at radius 1 is 1.38 bits per heavy atom. The maximum Gasteiger partial charge on any atom is 0.305 e. The lowest BCUT2D eigenvalue weighted by atomic mass is 10.0. The zero-order valence-electron chi connectivity index (χ0n) is 8.40. The molecule has 2 rings (SSSR count). The van der Waals surface area contributed by atoms with Crippen molar-refractivity contribution >= 4 is 17.6 Å². The molecule has 1 aliphatic heterocycles. The largest absolute Gasteiger partial charge is 0.305 e. The van der Waals surface area contributed by atoms with E-state index in [0.29, 0.717) is 5.56 Å². The first-order valence-electron chi connectivity index (χ1n) is 4.46. The SMILES string of the molecule is Cc1ccc(C2(OS(=O)O)C=NN=N2)cc1. The highest BCUT2D eigenvalue weighted by Gasteiger charge is 2.37. The first-order valence-corrected chi connectivity index (χ1v) is 5.49. The molecule has 1 aromatic rings. The second-order valence-corrected chi connectivity index (χ2v) is 3.90. The number of hydrogen-bond donors (Lipinski definition) is 1. The van der Waals surface area contributed by atoms with Gasteiger partial charge in [-0.25, -0.2) is 4.18 Å². The van der Waals surface area contributed by atoms with Crippen molar-refractivity contribution in [3.05, 3.63) is 35.4 Å². The summed E-state index contributed by atoms with van der Waals surface area (Å²) in [6.07, 6.45) is 1.28. The van der Waals surface area contributed by atoms with Crippen LogP contribution >= 0.6 is 0 Å². The molecule has 6 nitrogen and oxygen atoms in total. The molecule has 1 aliphatic rings. The van der Waals surface area contributed by atoms with Gasteiger partial charge >= 0.3 is 11.4 Å². The Morgan fingerprint density at radius 2 is 2.06 bits per heavy atom. The molecule has 0 amide bonds. The van der Waals surface area contributed by atoms with Gasteiger partial charge in [-0.1, -0.05) is 29.8 Å². The van der Waals surface area contributed by atoms with E-state index in [1.54, 1.807) is 12.1 Å². The summed E-state index contributed by atoms with van der Waals surface area (Å²) in [6.45, 7) is 1.94. The number of nitrogens with zero attached hydrogens (tertiary/aromatic N) is 3. The molecular formula is C9H9N3O3S. The summed E-state index contributed by atoms with van der Waals surface area (Å²) in [7, 11) is 0. The van der Waals surface area contributed by atoms with Gasteiger partial charge in [-0.15, -0.1) is 10.2 Å². The van der Waals surface area contributed by atoms with Gasteiger partial charge in [0, 0.05) is 5.56 Å². The Labute approximate surface area is 94.5 Å². The third kappa shape index (κ3) is 2.06. The molecule has 1 aromatic carbocycles. The van der Waals surface area contributed by atoms with Crippen LogP contribution in [0, 0.1) is 6.92 Å². The Kier molecular flexibility index (Phi) is 2.90. The minimum atomic E-state index is -2.45. The number of aryl methyl sites for hydroxylation is 1. The van der Waals surface area contributed by atoms with Crippen LogP contribution in [0.3, 0.4) is 0 Å². The summed E-state index contributed by atoms with van der Waals surface area (Å²) in [5.74, 6) is 0. The first-order chi connectivity index (χ1) is 7.62. The molecule has 7 heteroatoms. The van der Waals surface area contributed by atoms with Crippen LogP contribution in [0.1, 0.15) is 11.1 Å². The molecule has 0 spiro atoms. The molecule has 1 N–H and O–H groups in total. The van der Waals surface area contributed by atoms with Gasteiger partial charge in [0.25, 0.3) is 5.72 Å². The van der Waals surface area contributed by atoms with Crippen molar-refractivity contribution in [3.63, 3.8) is 0 Å². The van der Waals surface area contributed by atoms with E-state index in [9.17, 15) is 4.21 Å². The van der Waals surface area contributed by atoms with Gasteiger partial charge in [-0.05, 0) is 12.1 Å². The third-order valence-electron chi connectivity index (χ3n) is 2.14. The van der Waals surface area contributed by atoms with Crippen molar-refractivity contribution in [3.8, 4) is 0 Å². The van der Waals surface area contributed by atoms with Crippen molar-refractivity contribution < 1.29 is 12.9 Å². The van der Waals surface area contributed by atoms with Crippen LogP contribution < -0.4 is 0 Å². The molecular weight excluding hydrogens is 230 g/mol. The van der Waals surface area contributed by atoms with Gasteiger partial charge in [0.05, 0.1) is 6.21 Å². The monoisotopic (exact) mass is 239 g/mol. The van der Waals surface area contributed by atoms with Crippen LogP contribution in [0.5, 0.6) is 0 Å². The molecule has 0 aliphatic carbocycles. The van der Waals surface area contributed by atoms with E-state index >= 15 is 0 Å². The number of hydrogen-bond acceptors (Lipinski definition) is 5. The second-order valence-electron chi connectivity index (χ2n) is 3.30. The minimum Gasteiger partial charge on any atom is -0.284 e. The van der Waals surface area contributed by atoms with Crippen LogP contribution in [-0.4, -0.2) is 15.0 Å². The molecule has 2 unspecified atom stereocenters. The van der Waals surface area contributed by atoms with Crippen LogP contribution in [-0.2, 0) is 21.3 Å². The van der Waals surface area contributed by atoms with Crippen LogP contribution in [0.25, 0.3) is 0 Å². The normalized spacial score (nSPS) is 24.9. The van der Waals surface area contributed by atoms with E-state index in [4.69, 9.17) is 8.74 Å². The minimum absolute atomic E-state index is 0.602. The third-order valence-corrected chi connectivity index (χ3v) is 2.54. The smallest absolute Gasteiger partial charge is 0.284 e. The predicted octanol–water partition coefficient (Wildman–Crippen LogP) is 1.75. The zero-order chi connectivity index (χ0) is 11.6. The Bertz CT molecular complexity index is 457. The summed E-state index contributed by atoms with van der Waals surface area (Å²) in [5, 5.41) is 10.7. The fourth-order valence-corrected chi connectivity index (χ4v) is 1.73. The first kappa shape index (κ1) is 11.1. The van der Waals surface area contributed by atoms with Crippen LogP contribution in [0.2, 0.25) is 0 Å². The van der Waals surface area contributed by atoms with E-state index in [-0.39, 0.29) is 0 Å². The molecule has 0 bridgehead atoms. The number of rotatable bonds is 3. The van der Waals surface area contributed by atoms with E-state index < -0.39 is 17.1 Å².